The molecule has 0 bridgehead atoms. The standard InChI is InChI=1S/C8H9ClOS/c1-10-8-3-2-6(5-11)4-7(8)9/h2-4,11H,5H2,1H3. The fourth-order valence-corrected chi connectivity index (χ4v) is 1.29. The normalized spacial score (nSPS) is 9.73. The first-order valence-electron chi connectivity index (χ1n) is 3.21. The van der Waals surface area contributed by atoms with Crippen LogP contribution in [0.3, 0.4) is 0 Å². The van der Waals surface area contributed by atoms with E-state index < -0.39 is 0 Å². The Morgan fingerprint density at radius 1 is 1.55 bits per heavy atom. The third-order valence-electron chi connectivity index (χ3n) is 1.40. The third kappa shape index (κ3) is 2.04. The number of rotatable bonds is 2. The molecule has 0 aliphatic rings. The molecule has 0 N–H and O–H groups in total. The van der Waals surface area contributed by atoms with Crippen LogP contribution >= 0.6 is 24.2 Å². The maximum atomic E-state index is 5.85. The number of hydrogen-bond donors (Lipinski definition) is 1. The van der Waals surface area contributed by atoms with Crippen LogP contribution in [0.15, 0.2) is 18.2 Å². The molecule has 1 rings (SSSR count). The first-order chi connectivity index (χ1) is 5.27. The van der Waals surface area contributed by atoms with Crippen LogP contribution in [0.1, 0.15) is 5.56 Å². The van der Waals surface area contributed by atoms with Crippen LogP contribution in [0.4, 0.5) is 0 Å². The Bertz CT molecular complexity index is 250. The number of halogens is 1. The molecule has 0 radical (unpaired) electrons. The van der Waals surface area contributed by atoms with Crippen LogP contribution in [0.5, 0.6) is 5.75 Å². The zero-order chi connectivity index (χ0) is 8.27. The van der Waals surface area contributed by atoms with E-state index in [1.807, 2.05) is 18.2 Å². The minimum Gasteiger partial charge on any atom is -0.495 e. The summed E-state index contributed by atoms with van der Waals surface area (Å²) in [6, 6.07) is 5.64. The van der Waals surface area contributed by atoms with Gasteiger partial charge in [-0.3, -0.25) is 0 Å². The predicted octanol–water partition coefficient (Wildman–Crippen LogP) is 2.78. The molecule has 0 spiro atoms. The lowest BCUT2D eigenvalue weighted by Gasteiger charge is -2.03. The lowest BCUT2D eigenvalue weighted by molar-refractivity contribution is 0.415. The minimum atomic E-state index is 0.638. The van der Waals surface area contributed by atoms with E-state index in [0.717, 1.165) is 5.56 Å². The van der Waals surface area contributed by atoms with Gasteiger partial charge in [-0.25, -0.2) is 0 Å². The van der Waals surface area contributed by atoms with Crippen LogP contribution in [0.2, 0.25) is 5.02 Å². The van der Waals surface area contributed by atoms with Gasteiger partial charge in [-0.05, 0) is 17.7 Å². The molecule has 11 heavy (non-hydrogen) atoms. The second-order valence-corrected chi connectivity index (χ2v) is 2.85. The minimum absolute atomic E-state index is 0.638. The summed E-state index contributed by atoms with van der Waals surface area (Å²) < 4.78 is 4.99. The molecular formula is C8H9ClOS. The number of benzene rings is 1. The van der Waals surface area contributed by atoms with Gasteiger partial charge in [0.1, 0.15) is 5.75 Å². The summed E-state index contributed by atoms with van der Waals surface area (Å²) in [5.74, 6) is 1.40. The van der Waals surface area contributed by atoms with Crippen LogP contribution in [0, 0.1) is 0 Å². The van der Waals surface area contributed by atoms with Crippen molar-refractivity contribution >= 4 is 24.2 Å². The highest BCUT2D eigenvalue weighted by atomic mass is 35.5. The number of ether oxygens (including phenoxy) is 1. The highest BCUT2D eigenvalue weighted by molar-refractivity contribution is 7.79. The van der Waals surface area contributed by atoms with E-state index in [0.29, 0.717) is 16.5 Å². The van der Waals surface area contributed by atoms with Gasteiger partial charge in [-0.2, -0.15) is 12.6 Å². The zero-order valence-corrected chi connectivity index (χ0v) is 7.82. The maximum absolute atomic E-state index is 5.85. The average molecular weight is 189 g/mol. The molecule has 0 atom stereocenters. The average Bonchev–Trinajstić information content (AvgIpc) is 2.04. The molecule has 0 fully saturated rings. The lowest BCUT2D eigenvalue weighted by atomic mass is 10.2. The number of thiol groups is 1. The fraction of sp³-hybridized carbons (Fsp3) is 0.250. The Kier molecular flexibility index (Phi) is 3.09. The highest BCUT2D eigenvalue weighted by Crippen LogP contribution is 2.25. The van der Waals surface area contributed by atoms with E-state index in [2.05, 4.69) is 12.6 Å². The maximum Gasteiger partial charge on any atom is 0.137 e. The molecule has 0 heterocycles. The van der Waals surface area contributed by atoms with E-state index in [1.54, 1.807) is 7.11 Å². The van der Waals surface area contributed by atoms with Gasteiger partial charge in [0.2, 0.25) is 0 Å². The molecule has 1 nitrogen and oxygen atoms in total. The summed E-state index contributed by atoms with van der Waals surface area (Å²) in [5.41, 5.74) is 1.10. The molecule has 0 unspecified atom stereocenters. The highest BCUT2D eigenvalue weighted by Gasteiger charge is 1.99. The Morgan fingerprint density at radius 2 is 2.27 bits per heavy atom. The molecule has 0 saturated heterocycles. The van der Waals surface area contributed by atoms with Gasteiger partial charge in [0.25, 0.3) is 0 Å². The van der Waals surface area contributed by atoms with Crippen LogP contribution < -0.4 is 4.74 Å². The number of hydrogen-bond acceptors (Lipinski definition) is 2. The van der Waals surface area contributed by atoms with Crippen molar-refractivity contribution in [1.29, 1.82) is 0 Å². The van der Waals surface area contributed by atoms with Gasteiger partial charge in [0.15, 0.2) is 0 Å². The van der Waals surface area contributed by atoms with Crippen molar-refractivity contribution in [2.45, 2.75) is 5.75 Å². The van der Waals surface area contributed by atoms with Gasteiger partial charge in [-0.15, -0.1) is 0 Å². The van der Waals surface area contributed by atoms with E-state index in [9.17, 15) is 0 Å². The summed E-state index contributed by atoms with van der Waals surface area (Å²) in [4.78, 5) is 0. The van der Waals surface area contributed by atoms with E-state index >= 15 is 0 Å². The van der Waals surface area contributed by atoms with Gasteiger partial charge < -0.3 is 4.74 Å². The Balaban J connectivity index is 2.99. The topological polar surface area (TPSA) is 9.23 Å². The zero-order valence-electron chi connectivity index (χ0n) is 6.17. The summed E-state index contributed by atoms with van der Waals surface area (Å²) in [6.07, 6.45) is 0. The van der Waals surface area contributed by atoms with Crippen molar-refractivity contribution in [1.82, 2.24) is 0 Å². The SMILES string of the molecule is COc1ccc(CS)cc1Cl. The monoisotopic (exact) mass is 188 g/mol. The molecule has 0 aromatic heterocycles. The second-order valence-electron chi connectivity index (χ2n) is 2.13. The summed E-state index contributed by atoms with van der Waals surface area (Å²) >= 11 is 9.97. The van der Waals surface area contributed by atoms with E-state index in [4.69, 9.17) is 16.3 Å². The second kappa shape index (κ2) is 3.88. The van der Waals surface area contributed by atoms with Crippen molar-refractivity contribution in [2.24, 2.45) is 0 Å². The molecule has 0 aliphatic carbocycles. The van der Waals surface area contributed by atoms with E-state index in [1.165, 1.54) is 0 Å². The van der Waals surface area contributed by atoms with Gasteiger partial charge in [-0.1, -0.05) is 17.7 Å². The van der Waals surface area contributed by atoms with Gasteiger partial charge in [0.05, 0.1) is 12.1 Å². The van der Waals surface area contributed by atoms with Crippen LogP contribution in [-0.2, 0) is 5.75 Å². The molecule has 3 heteroatoms. The molecule has 60 valence electrons. The largest absolute Gasteiger partial charge is 0.495 e. The summed E-state index contributed by atoms with van der Waals surface area (Å²) in [6.45, 7) is 0. The molecule has 0 amide bonds. The van der Waals surface area contributed by atoms with Crippen molar-refractivity contribution in [3.05, 3.63) is 28.8 Å². The van der Waals surface area contributed by atoms with Gasteiger partial charge in [0, 0.05) is 5.75 Å². The third-order valence-corrected chi connectivity index (χ3v) is 2.06. The van der Waals surface area contributed by atoms with Crippen molar-refractivity contribution in [2.75, 3.05) is 7.11 Å². The molecule has 1 aromatic rings. The predicted molar refractivity (Wildman–Crippen MR) is 50.7 cm³/mol. The first-order valence-corrected chi connectivity index (χ1v) is 4.22. The number of methoxy groups -OCH3 is 1. The van der Waals surface area contributed by atoms with Crippen LogP contribution in [-0.4, -0.2) is 7.11 Å². The van der Waals surface area contributed by atoms with Gasteiger partial charge >= 0.3 is 0 Å². The molecule has 0 aliphatic heterocycles. The first kappa shape index (κ1) is 8.75. The Labute approximate surface area is 76.7 Å². The van der Waals surface area contributed by atoms with Crippen molar-refractivity contribution < 1.29 is 4.74 Å². The lowest BCUT2D eigenvalue weighted by Crippen LogP contribution is -1.85. The smallest absolute Gasteiger partial charge is 0.137 e. The summed E-state index contributed by atoms with van der Waals surface area (Å²) in [7, 11) is 1.60. The molecule has 0 saturated carbocycles. The summed E-state index contributed by atoms with van der Waals surface area (Å²) in [5, 5.41) is 0.638. The van der Waals surface area contributed by atoms with E-state index in [-0.39, 0.29) is 0 Å². The molecular weight excluding hydrogens is 180 g/mol. The molecule has 1 aromatic carbocycles. The Hall–Kier alpha value is -0.340. The quantitative estimate of drug-likeness (QED) is 0.703. The fourth-order valence-electron chi connectivity index (χ4n) is 0.808. The van der Waals surface area contributed by atoms with Crippen molar-refractivity contribution in [3.8, 4) is 5.75 Å². The van der Waals surface area contributed by atoms with Crippen molar-refractivity contribution in [3.63, 3.8) is 0 Å². The van der Waals surface area contributed by atoms with Crippen LogP contribution in [0.25, 0.3) is 0 Å². The Morgan fingerprint density at radius 3 is 2.73 bits per heavy atom.